The van der Waals surface area contributed by atoms with E-state index in [0.717, 1.165) is 27.3 Å². The van der Waals surface area contributed by atoms with Gasteiger partial charge in [-0.25, -0.2) is 0 Å². The first-order chi connectivity index (χ1) is 13.0. The fourth-order valence-corrected chi connectivity index (χ4v) is 5.45. The largest absolute Gasteiger partial charge is 0.288 e. The van der Waals surface area contributed by atoms with E-state index in [2.05, 4.69) is 43.3 Å². The van der Waals surface area contributed by atoms with Gasteiger partial charge in [-0.05, 0) is 51.6 Å². The normalized spacial score (nSPS) is 10.3. The van der Waals surface area contributed by atoms with Crippen molar-refractivity contribution in [1.82, 2.24) is 0 Å². The molecule has 0 amide bonds. The summed E-state index contributed by atoms with van der Waals surface area (Å²) in [7, 11) is -1.07. The summed E-state index contributed by atoms with van der Waals surface area (Å²) >= 11 is 0. The van der Waals surface area contributed by atoms with Crippen molar-refractivity contribution >= 4 is 24.1 Å². The van der Waals surface area contributed by atoms with E-state index in [4.69, 9.17) is 9.05 Å². The van der Waals surface area contributed by atoms with Gasteiger partial charge in [0.2, 0.25) is 0 Å². The van der Waals surface area contributed by atoms with Crippen molar-refractivity contribution in [2.24, 2.45) is 0 Å². The van der Waals surface area contributed by atoms with E-state index in [0.29, 0.717) is 0 Å². The Balaban J connectivity index is 0.000000817. The molecular formula is C22H21F2O2P. The van der Waals surface area contributed by atoms with Gasteiger partial charge in [-0.3, -0.25) is 4.79 Å². The highest BCUT2D eigenvalue weighted by Gasteiger charge is 2.26. The summed E-state index contributed by atoms with van der Waals surface area (Å²) in [5.41, 5.74) is 4.44. The Morgan fingerprint density at radius 2 is 1.15 bits per heavy atom. The fourth-order valence-electron chi connectivity index (χ4n) is 3.17. The summed E-state index contributed by atoms with van der Waals surface area (Å²) in [4.78, 5) is 13.5. The number of benzene rings is 3. The molecule has 0 aliphatic rings. The molecule has 0 saturated carbocycles. The molecule has 27 heavy (non-hydrogen) atoms. The summed E-state index contributed by atoms with van der Waals surface area (Å²) in [6.07, 6.45) is 0. The minimum Gasteiger partial charge on any atom is -0.288 e. The average molecular weight is 386 g/mol. The topological polar surface area (TPSA) is 26.3 Å². The predicted octanol–water partition coefficient (Wildman–Crippen LogP) is 5.66. The molecule has 0 radical (unpaired) electrons. The van der Waals surface area contributed by atoms with Crippen molar-refractivity contribution < 1.29 is 19.0 Å². The Bertz CT molecular complexity index is 821. The minimum atomic E-state index is -1.07. The molecule has 3 aromatic rings. The second kappa shape index (κ2) is 10.1. The molecule has 2 nitrogen and oxygen atoms in total. The number of hydrogen-bond donors (Lipinski definition) is 0. The van der Waals surface area contributed by atoms with Crippen LogP contribution in [0.5, 0.6) is 0 Å². The van der Waals surface area contributed by atoms with E-state index >= 15 is 0 Å². The Labute approximate surface area is 159 Å². The van der Waals surface area contributed by atoms with Crippen LogP contribution in [0.25, 0.3) is 0 Å². The van der Waals surface area contributed by atoms with Gasteiger partial charge in [0.05, 0.1) is 0 Å². The van der Waals surface area contributed by atoms with Gasteiger partial charge in [0.15, 0.2) is 5.52 Å². The first-order valence-corrected chi connectivity index (χ1v) is 9.75. The molecule has 0 fully saturated rings. The van der Waals surface area contributed by atoms with E-state index in [1.165, 1.54) is 10.7 Å². The highest BCUT2D eigenvalue weighted by molar-refractivity contribution is 7.88. The first-order valence-electron chi connectivity index (χ1n) is 8.41. The van der Waals surface area contributed by atoms with Crippen molar-refractivity contribution in [3.8, 4) is 0 Å². The number of carbonyl (C=O) groups is 1. The zero-order chi connectivity index (χ0) is 19.8. The molecule has 3 aromatic carbocycles. The molecule has 5 heteroatoms. The number of halogens is 2. The van der Waals surface area contributed by atoms with Crippen molar-refractivity contribution in [2.45, 2.75) is 20.8 Å². The molecule has 0 aromatic heterocycles. The van der Waals surface area contributed by atoms with Gasteiger partial charge in [-0.2, -0.15) is 0 Å². The Kier molecular flexibility index (Phi) is 7.78. The maximum absolute atomic E-state index is 13.5. The molecule has 0 N–H and O–H groups in total. The number of hydrogen-bond acceptors (Lipinski definition) is 2. The van der Waals surface area contributed by atoms with E-state index in [1.807, 2.05) is 50.2 Å². The lowest BCUT2D eigenvalue weighted by atomic mass is 10.0. The molecule has 0 atom stereocenters. The molecule has 0 saturated heterocycles. The second-order valence-corrected chi connectivity index (χ2v) is 8.25. The second-order valence-electron chi connectivity index (χ2n) is 6.14. The van der Waals surface area contributed by atoms with E-state index in [1.54, 1.807) is 0 Å². The average Bonchev–Trinajstić information content (AvgIpc) is 2.63. The maximum Gasteiger partial charge on any atom is 0.193 e. The number of carbonyl (C=O) groups excluding carboxylic acids is 1. The van der Waals surface area contributed by atoms with Crippen molar-refractivity contribution in [3.05, 3.63) is 95.1 Å². The van der Waals surface area contributed by atoms with Gasteiger partial charge in [0.1, 0.15) is 0 Å². The summed E-state index contributed by atoms with van der Waals surface area (Å²) in [5.74, 6) is 0. The molecular weight excluding hydrogens is 365 g/mol. The van der Waals surface area contributed by atoms with E-state index in [9.17, 15) is 4.79 Å². The molecule has 140 valence electrons. The van der Waals surface area contributed by atoms with Crippen LogP contribution in [0.3, 0.4) is 0 Å². The Morgan fingerprint density at radius 3 is 1.52 bits per heavy atom. The SMILES string of the molecule is Cc1cc(C)c(C(=O)P(c2ccccc2)c2ccccc2)c(C)c1.FOF. The summed E-state index contributed by atoms with van der Waals surface area (Å²) < 4.78 is 18.2. The number of rotatable bonds is 4. The highest BCUT2D eigenvalue weighted by atomic mass is 31.1. The summed E-state index contributed by atoms with van der Waals surface area (Å²) in [5, 5.41) is 3.45. The Hall–Kier alpha value is -2.42. The van der Waals surface area contributed by atoms with Gasteiger partial charge in [0.25, 0.3) is 0 Å². The molecule has 0 bridgehead atoms. The maximum atomic E-state index is 13.5. The van der Waals surface area contributed by atoms with Crippen LogP contribution in [0.15, 0.2) is 72.8 Å². The quantitative estimate of drug-likeness (QED) is 0.541. The molecule has 0 unspecified atom stereocenters. The van der Waals surface area contributed by atoms with Gasteiger partial charge in [-0.15, -0.1) is 0 Å². The van der Waals surface area contributed by atoms with Gasteiger partial charge in [0, 0.05) is 18.6 Å². The zero-order valence-electron chi connectivity index (χ0n) is 15.4. The smallest absolute Gasteiger partial charge is 0.193 e. The van der Waals surface area contributed by atoms with Crippen LogP contribution in [0, 0.1) is 20.8 Å². The third-order valence-corrected chi connectivity index (χ3v) is 6.38. The van der Waals surface area contributed by atoms with Crippen LogP contribution in [0.2, 0.25) is 0 Å². The summed E-state index contributed by atoms with van der Waals surface area (Å²) in [6.45, 7) is 6.15. The predicted molar refractivity (Wildman–Crippen MR) is 107 cm³/mol. The van der Waals surface area contributed by atoms with Gasteiger partial charge < -0.3 is 0 Å². The van der Waals surface area contributed by atoms with Crippen molar-refractivity contribution in [1.29, 1.82) is 0 Å². The van der Waals surface area contributed by atoms with Crippen molar-refractivity contribution in [3.63, 3.8) is 0 Å². The molecule has 0 aliphatic carbocycles. The van der Waals surface area contributed by atoms with Crippen LogP contribution in [0.4, 0.5) is 9.05 Å². The molecule has 0 spiro atoms. The third kappa shape index (κ3) is 5.29. The highest BCUT2D eigenvalue weighted by Crippen LogP contribution is 2.39. The van der Waals surface area contributed by atoms with E-state index < -0.39 is 7.92 Å². The monoisotopic (exact) mass is 386 g/mol. The van der Waals surface area contributed by atoms with Crippen LogP contribution >= 0.6 is 7.92 Å². The Morgan fingerprint density at radius 1 is 0.778 bits per heavy atom. The molecule has 0 aliphatic heterocycles. The lowest BCUT2D eigenvalue weighted by Gasteiger charge is -2.20. The summed E-state index contributed by atoms with van der Waals surface area (Å²) in [6, 6.07) is 24.5. The van der Waals surface area contributed by atoms with Gasteiger partial charge >= 0.3 is 0 Å². The van der Waals surface area contributed by atoms with Gasteiger partial charge in [-0.1, -0.05) is 78.4 Å². The van der Waals surface area contributed by atoms with Crippen LogP contribution < -0.4 is 10.6 Å². The van der Waals surface area contributed by atoms with Crippen LogP contribution in [-0.2, 0) is 5.15 Å². The minimum absolute atomic E-state index is 0.234. The first kappa shape index (κ1) is 20.9. The lowest BCUT2D eigenvalue weighted by molar-refractivity contribution is -0.317. The van der Waals surface area contributed by atoms with Crippen LogP contribution in [0.1, 0.15) is 27.0 Å². The fraction of sp³-hybridized carbons (Fsp3) is 0.136. The van der Waals surface area contributed by atoms with Crippen molar-refractivity contribution in [2.75, 3.05) is 0 Å². The lowest BCUT2D eigenvalue weighted by Crippen LogP contribution is -2.19. The molecule has 3 rings (SSSR count). The molecule has 0 heterocycles. The third-order valence-electron chi connectivity index (χ3n) is 4.12. The zero-order valence-corrected chi connectivity index (χ0v) is 16.3. The standard InChI is InChI=1S/C22H21OP.F2O/c1-16-14-17(2)21(18(3)15-16)22(23)24(19-10-6-4-7-11-19)20-12-8-5-9-13-20;1-3-2/h4-15H,1-3H3;. The van der Waals surface area contributed by atoms with Crippen LogP contribution in [-0.4, -0.2) is 5.52 Å². The number of aryl methyl sites for hydroxylation is 3. The van der Waals surface area contributed by atoms with E-state index in [-0.39, 0.29) is 5.52 Å².